The van der Waals surface area contributed by atoms with Crippen LogP contribution >= 0.6 is 0 Å². The van der Waals surface area contributed by atoms with Crippen LogP contribution in [0.25, 0.3) is 0 Å². The molecule has 17 heavy (non-hydrogen) atoms. The van der Waals surface area contributed by atoms with E-state index in [1.165, 1.54) is 6.92 Å². The lowest BCUT2D eigenvalue weighted by Gasteiger charge is -2.12. The van der Waals surface area contributed by atoms with Gasteiger partial charge in [-0.05, 0) is 25.3 Å². The Hall–Kier alpha value is -1.48. The third kappa shape index (κ3) is 4.49. The van der Waals surface area contributed by atoms with Crippen LogP contribution in [0.4, 0.5) is 0 Å². The summed E-state index contributed by atoms with van der Waals surface area (Å²) in [5.74, 6) is -0.740. The Labute approximate surface area is 101 Å². The van der Waals surface area contributed by atoms with Crippen molar-refractivity contribution in [3.05, 3.63) is 35.9 Å². The summed E-state index contributed by atoms with van der Waals surface area (Å²) in [6.07, 6.45) is 1.16. The fourth-order valence-corrected chi connectivity index (χ4v) is 1.76. The second-order valence-electron chi connectivity index (χ2n) is 4.15. The van der Waals surface area contributed by atoms with Gasteiger partial charge in [0.05, 0.1) is 5.92 Å². The van der Waals surface area contributed by atoms with E-state index in [4.69, 9.17) is 5.11 Å². The molecule has 1 rings (SSSR count). The van der Waals surface area contributed by atoms with Crippen molar-refractivity contribution in [3.8, 4) is 0 Å². The van der Waals surface area contributed by atoms with Crippen LogP contribution in [0.15, 0.2) is 30.3 Å². The third-order valence-electron chi connectivity index (χ3n) is 2.74. The molecule has 0 aliphatic carbocycles. The molecule has 1 aromatic rings. The summed E-state index contributed by atoms with van der Waals surface area (Å²) < 4.78 is 0. The molecular formula is C14H18O3. The SMILES string of the molecule is CC(=O)C(Cc1ccccc1)C(=O)CCCO. The van der Waals surface area contributed by atoms with Gasteiger partial charge in [0.25, 0.3) is 0 Å². The van der Waals surface area contributed by atoms with Gasteiger partial charge >= 0.3 is 0 Å². The van der Waals surface area contributed by atoms with E-state index in [0.717, 1.165) is 5.56 Å². The van der Waals surface area contributed by atoms with Gasteiger partial charge in [0, 0.05) is 13.0 Å². The molecule has 3 nitrogen and oxygen atoms in total. The average Bonchev–Trinajstić information content (AvgIpc) is 2.34. The van der Waals surface area contributed by atoms with E-state index in [1.54, 1.807) is 0 Å². The molecule has 1 unspecified atom stereocenters. The second-order valence-corrected chi connectivity index (χ2v) is 4.15. The van der Waals surface area contributed by atoms with Gasteiger partial charge in [0.1, 0.15) is 11.6 Å². The highest BCUT2D eigenvalue weighted by molar-refractivity contribution is 6.01. The van der Waals surface area contributed by atoms with E-state index in [-0.39, 0.29) is 24.6 Å². The first-order valence-corrected chi connectivity index (χ1v) is 5.83. The van der Waals surface area contributed by atoms with E-state index >= 15 is 0 Å². The average molecular weight is 234 g/mol. The first-order chi connectivity index (χ1) is 8.15. The van der Waals surface area contributed by atoms with Gasteiger partial charge < -0.3 is 5.11 Å². The van der Waals surface area contributed by atoms with Crippen molar-refractivity contribution < 1.29 is 14.7 Å². The number of rotatable bonds is 7. The lowest BCUT2D eigenvalue weighted by molar-refractivity contribution is -0.131. The zero-order chi connectivity index (χ0) is 12.7. The minimum atomic E-state index is -0.566. The van der Waals surface area contributed by atoms with Crippen molar-refractivity contribution in [2.45, 2.75) is 26.2 Å². The van der Waals surface area contributed by atoms with Crippen molar-refractivity contribution in [1.82, 2.24) is 0 Å². The van der Waals surface area contributed by atoms with E-state index in [2.05, 4.69) is 0 Å². The van der Waals surface area contributed by atoms with Crippen LogP contribution in [0.2, 0.25) is 0 Å². The number of hydrogen-bond donors (Lipinski definition) is 1. The van der Waals surface area contributed by atoms with Crippen LogP contribution in [0.3, 0.4) is 0 Å². The molecule has 0 amide bonds. The third-order valence-corrected chi connectivity index (χ3v) is 2.74. The molecule has 0 saturated heterocycles. The fraction of sp³-hybridized carbons (Fsp3) is 0.429. The van der Waals surface area contributed by atoms with Crippen molar-refractivity contribution in [1.29, 1.82) is 0 Å². The molecule has 0 heterocycles. The summed E-state index contributed by atoms with van der Waals surface area (Å²) in [5.41, 5.74) is 0.991. The largest absolute Gasteiger partial charge is 0.396 e. The van der Waals surface area contributed by atoms with Gasteiger partial charge in [-0.3, -0.25) is 9.59 Å². The first kappa shape index (κ1) is 13.6. The molecule has 0 spiro atoms. The molecule has 0 aliphatic heterocycles. The van der Waals surface area contributed by atoms with Crippen LogP contribution in [0.1, 0.15) is 25.3 Å². The number of aliphatic hydroxyl groups is 1. The number of carbonyl (C=O) groups is 2. The Kier molecular flexibility index (Phi) is 5.57. The van der Waals surface area contributed by atoms with E-state index < -0.39 is 5.92 Å². The summed E-state index contributed by atoms with van der Waals surface area (Å²) in [5, 5.41) is 8.69. The van der Waals surface area contributed by atoms with Crippen LogP contribution in [-0.4, -0.2) is 23.3 Å². The van der Waals surface area contributed by atoms with E-state index in [1.807, 2.05) is 30.3 Å². The predicted octanol–water partition coefficient (Wildman–Crippen LogP) is 1.78. The molecular weight excluding hydrogens is 216 g/mol. The Balaban J connectivity index is 2.67. The molecule has 0 radical (unpaired) electrons. The zero-order valence-corrected chi connectivity index (χ0v) is 10.1. The van der Waals surface area contributed by atoms with Crippen molar-refractivity contribution in [3.63, 3.8) is 0 Å². The Morgan fingerprint density at radius 1 is 1.24 bits per heavy atom. The van der Waals surface area contributed by atoms with Crippen molar-refractivity contribution in [2.75, 3.05) is 6.61 Å². The van der Waals surface area contributed by atoms with Gasteiger partial charge in [-0.1, -0.05) is 30.3 Å². The van der Waals surface area contributed by atoms with Crippen molar-refractivity contribution in [2.24, 2.45) is 5.92 Å². The van der Waals surface area contributed by atoms with Gasteiger partial charge in [-0.2, -0.15) is 0 Å². The normalized spacial score (nSPS) is 12.1. The predicted molar refractivity (Wildman–Crippen MR) is 65.6 cm³/mol. The highest BCUT2D eigenvalue weighted by Gasteiger charge is 2.22. The maximum Gasteiger partial charge on any atom is 0.143 e. The summed E-state index contributed by atoms with van der Waals surface area (Å²) in [7, 11) is 0. The monoisotopic (exact) mass is 234 g/mol. The van der Waals surface area contributed by atoms with Gasteiger partial charge in [-0.15, -0.1) is 0 Å². The number of Topliss-reactive ketones (excluding diaryl/α,β-unsaturated/α-hetero) is 2. The summed E-state index contributed by atoms with van der Waals surface area (Å²) in [4.78, 5) is 23.3. The van der Waals surface area contributed by atoms with Crippen LogP contribution in [0, 0.1) is 5.92 Å². The molecule has 1 atom stereocenters. The quantitative estimate of drug-likeness (QED) is 0.732. The highest BCUT2D eigenvalue weighted by Crippen LogP contribution is 2.13. The van der Waals surface area contributed by atoms with Crippen LogP contribution < -0.4 is 0 Å². The molecule has 0 aromatic heterocycles. The van der Waals surface area contributed by atoms with Crippen molar-refractivity contribution >= 4 is 11.6 Å². The standard InChI is InChI=1S/C14H18O3/c1-11(16)13(14(17)8-5-9-15)10-12-6-3-2-4-7-12/h2-4,6-7,13,15H,5,8-10H2,1H3. The fourth-order valence-electron chi connectivity index (χ4n) is 1.76. The summed E-state index contributed by atoms with van der Waals surface area (Å²) in [6.45, 7) is 1.44. The lowest BCUT2D eigenvalue weighted by Crippen LogP contribution is -2.24. The Morgan fingerprint density at radius 3 is 2.41 bits per heavy atom. The van der Waals surface area contributed by atoms with Gasteiger partial charge in [-0.25, -0.2) is 0 Å². The number of ketones is 2. The highest BCUT2D eigenvalue weighted by atomic mass is 16.3. The second kappa shape index (κ2) is 6.97. The Bertz CT molecular complexity index is 370. The molecule has 0 bridgehead atoms. The molecule has 1 N–H and O–H groups in total. The number of benzene rings is 1. The van der Waals surface area contributed by atoms with Gasteiger partial charge in [0.15, 0.2) is 0 Å². The number of aliphatic hydroxyl groups excluding tert-OH is 1. The summed E-state index contributed by atoms with van der Waals surface area (Å²) >= 11 is 0. The van der Waals surface area contributed by atoms with Gasteiger partial charge in [0.2, 0.25) is 0 Å². The zero-order valence-electron chi connectivity index (χ0n) is 10.1. The minimum Gasteiger partial charge on any atom is -0.396 e. The lowest BCUT2D eigenvalue weighted by atomic mass is 9.90. The smallest absolute Gasteiger partial charge is 0.143 e. The maximum atomic E-state index is 11.8. The first-order valence-electron chi connectivity index (χ1n) is 5.83. The molecule has 0 fully saturated rings. The summed E-state index contributed by atoms with van der Waals surface area (Å²) in [6, 6.07) is 9.51. The molecule has 0 aliphatic rings. The molecule has 3 heteroatoms. The number of hydrogen-bond acceptors (Lipinski definition) is 3. The topological polar surface area (TPSA) is 54.4 Å². The Morgan fingerprint density at radius 2 is 1.88 bits per heavy atom. The van der Waals surface area contributed by atoms with Crippen LogP contribution in [-0.2, 0) is 16.0 Å². The molecule has 0 saturated carbocycles. The minimum absolute atomic E-state index is 0.0122. The maximum absolute atomic E-state index is 11.8. The molecule has 92 valence electrons. The van der Waals surface area contributed by atoms with E-state index in [9.17, 15) is 9.59 Å². The number of carbonyl (C=O) groups excluding carboxylic acids is 2. The van der Waals surface area contributed by atoms with E-state index in [0.29, 0.717) is 12.8 Å². The van der Waals surface area contributed by atoms with Crippen LogP contribution in [0.5, 0.6) is 0 Å². The molecule has 1 aromatic carbocycles.